The van der Waals surface area contributed by atoms with Crippen molar-refractivity contribution in [2.45, 2.75) is 30.0 Å². The Morgan fingerprint density at radius 1 is 1.53 bits per heavy atom. The quantitative estimate of drug-likeness (QED) is 0.471. The van der Waals surface area contributed by atoms with Crippen LogP contribution in [0.15, 0.2) is 23.1 Å². The van der Waals surface area contributed by atoms with Crippen LogP contribution < -0.4 is 0 Å². The number of halogens is 1. The fourth-order valence-electron chi connectivity index (χ4n) is 1.40. The highest BCUT2D eigenvalue weighted by Crippen LogP contribution is 2.22. The van der Waals surface area contributed by atoms with Crippen molar-refractivity contribution in [2.75, 3.05) is 6.26 Å². The van der Waals surface area contributed by atoms with Crippen LogP contribution in [-0.4, -0.2) is 16.9 Å². The molecule has 1 rings (SSSR count). The Morgan fingerprint density at radius 3 is 2.67 bits per heavy atom. The molecular formula is C12H15BrOS. The van der Waals surface area contributed by atoms with Crippen molar-refractivity contribution in [1.82, 2.24) is 0 Å². The normalized spacial score (nSPS) is 12.5. The summed E-state index contributed by atoms with van der Waals surface area (Å²) in [6.45, 7) is 4.04. The van der Waals surface area contributed by atoms with Gasteiger partial charge in [0.15, 0.2) is 5.78 Å². The van der Waals surface area contributed by atoms with E-state index < -0.39 is 0 Å². The molecule has 0 spiro atoms. The van der Waals surface area contributed by atoms with Crippen molar-refractivity contribution in [3.05, 3.63) is 29.3 Å². The van der Waals surface area contributed by atoms with E-state index in [1.807, 2.05) is 38.3 Å². The van der Waals surface area contributed by atoms with E-state index in [2.05, 4.69) is 15.9 Å². The maximum atomic E-state index is 11.9. The van der Waals surface area contributed by atoms with Gasteiger partial charge in [0.05, 0.1) is 4.83 Å². The highest BCUT2D eigenvalue weighted by molar-refractivity contribution is 9.10. The second-order valence-corrected chi connectivity index (χ2v) is 5.38. The molecule has 1 atom stereocenters. The van der Waals surface area contributed by atoms with E-state index >= 15 is 0 Å². The van der Waals surface area contributed by atoms with Crippen molar-refractivity contribution in [3.8, 4) is 0 Å². The molecule has 1 unspecified atom stereocenters. The highest BCUT2D eigenvalue weighted by atomic mass is 79.9. The molecule has 0 radical (unpaired) electrons. The molecule has 0 aliphatic heterocycles. The van der Waals surface area contributed by atoms with Gasteiger partial charge in [-0.25, -0.2) is 0 Å². The van der Waals surface area contributed by atoms with Gasteiger partial charge >= 0.3 is 0 Å². The third-order valence-electron chi connectivity index (χ3n) is 2.32. The molecule has 0 saturated heterocycles. The number of alkyl halides is 1. The summed E-state index contributed by atoms with van der Waals surface area (Å²) in [7, 11) is 0. The van der Waals surface area contributed by atoms with Crippen molar-refractivity contribution in [1.29, 1.82) is 0 Å². The standard InChI is InChI=1S/C12H15BrOS/c1-4-10(13)12(14)9-5-6-11(15-3)8(2)7-9/h5-7,10H,4H2,1-3H3. The summed E-state index contributed by atoms with van der Waals surface area (Å²) < 4.78 is 0. The van der Waals surface area contributed by atoms with Gasteiger partial charge in [-0.15, -0.1) is 11.8 Å². The molecule has 0 aromatic heterocycles. The van der Waals surface area contributed by atoms with Crippen LogP contribution in [0.4, 0.5) is 0 Å². The molecule has 0 amide bonds. The van der Waals surface area contributed by atoms with E-state index in [1.54, 1.807) is 11.8 Å². The van der Waals surface area contributed by atoms with Gasteiger partial charge in [0.1, 0.15) is 0 Å². The summed E-state index contributed by atoms with van der Waals surface area (Å²) >= 11 is 5.09. The summed E-state index contributed by atoms with van der Waals surface area (Å²) in [5.74, 6) is 0.174. The average Bonchev–Trinajstić information content (AvgIpc) is 2.26. The van der Waals surface area contributed by atoms with E-state index in [1.165, 1.54) is 10.5 Å². The number of hydrogen-bond donors (Lipinski definition) is 0. The van der Waals surface area contributed by atoms with Crippen molar-refractivity contribution >= 4 is 33.5 Å². The van der Waals surface area contributed by atoms with Crippen LogP contribution in [0.3, 0.4) is 0 Å². The largest absolute Gasteiger partial charge is 0.293 e. The van der Waals surface area contributed by atoms with E-state index in [-0.39, 0.29) is 10.6 Å². The predicted octanol–water partition coefficient (Wildman–Crippen LogP) is 4.07. The topological polar surface area (TPSA) is 17.1 Å². The molecule has 0 N–H and O–H groups in total. The van der Waals surface area contributed by atoms with Crippen LogP contribution in [0.5, 0.6) is 0 Å². The number of carbonyl (C=O) groups is 1. The Kier molecular flexibility index (Phi) is 4.87. The Balaban J connectivity index is 2.97. The fourth-order valence-corrected chi connectivity index (χ4v) is 2.25. The fraction of sp³-hybridized carbons (Fsp3) is 0.417. The van der Waals surface area contributed by atoms with Crippen molar-refractivity contribution < 1.29 is 4.79 Å². The molecule has 0 saturated carbocycles. The lowest BCUT2D eigenvalue weighted by Gasteiger charge is -2.08. The van der Waals surface area contributed by atoms with Gasteiger partial charge in [0.2, 0.25) is 0 Å². The number of rotatable bonds is 4. The smallest absolute Gasteiger partial charge is 0.176 e. The first-order valence-corrected chi connectivity index (χ1v) is 7.07. The zero-order valence-electron chi connectivity index (χ0n) is 9.21. The van der Waals surface area contributed by atoms with Crippen LogP contribution in [0, 0.1) is 6.92 Å². The van der Waals surface area contributed by atoms with Crippen LogP contribution in [0.2, 0.25) is 0 Å². The second kappa shape index (κ2) is 5.71. The van der Waals surface area contributed by atoms with E-state index in [0.29, 0.717) is 0 Å². The third kappa shape index (κ3) is 3.08. The summed E-state index contributed by atoms with van der Waals surface area (Å²) in [4.78, 5) is 13.0. The minimum Gasteiger partial charge on any atom is -0.293 e. The summed E-state index contributed by atoms with van der Waals surface area (Å²) in [5.41, 5.74) is 1.97. The molecule has 1 aromatic carbocycles. The van der Waals surface area contributed by atoms with Gasteiger partial charge in [-0.1, -0.05) is 28.9 Å². The van der Waals surface area contributed by atoms with Crippen LogP contribution in [-0.2, 0) is 0 Å². The van der Waals surface area contributed by atoms with Gasteiger partial charge in [-0.05, 0) is 37.3 Å². The van der Waals surface area contributed by atoms with Crippen LogP contribution >= 0.6 is 27.7 Å². The molecular weight excluding hydrogens is 272 g/mol. The first-order chi connectivity index (χ1) is 7.10. The van der Waals surface area contributed by atoms with Crippen molar-refractivity contribution in [2.24, 2.45) is 0 Å². The first kappa shape index (κ1) is 12.8. The van der Waals surface area contributed by atoms with E-state index in [9.17, 15) is 4.79 Å². The lowest BCUT2D eigenvalue weighted by atomic mass is 10.0. The first-order valence-electron chi connectivity index (χ1n) is 4.93. The van der Waals surface area contributed by atoms with E-state index in [0.717, 1.165) is 12.0 Å². The Labute approximate surface area is 104 Å². The SMILES string of the molecule is CCC(Br)C(=O)c1ccc(SC)c(C)c1. The second-order valence-electron chi connectivity index (χ2n) is 3.42. The molecule has 1 aromatic rings. The minimum atomic E-state index is -0.0583. The average molecular weight is 287 g/mol. The number of aryl methyl sites for hydroxylation is 1. The van der Waals surface area contributed by atoms with Crippen molar-refractivity contribution in [3.63, 3.8) is 0 Å². The van der Waals surface area contributed by atoms with Gasteiger partial charge in [0, 0.05) is 10.5 Å². The molecule has 0 fully saturated rings. The lowest BCUT2D eigenvalue weighted by Crippen LogP contribution is -2.13. The van der Waals surface area contributed by atoms with E-state index in [4.69, 9.17) is 0 Å². The number of Topliss-reactive ketones (excluding diaryl/α,β-unsaturated/α-hetero) is 1. The number of carbonyl (C=O) groups excluding carboxylic acids is 1. The Morgan fingerprint density at radius 2 is 2.20 bits per heavy atom. The number of benzene rings is 1. The molecule has 15 heavy (non-hydrogen) atoms. The molecule has 82 valence electrons. The molecule has 1 nitrogen and oxygen atoms in total. The molecule has 3 heteroatoms. The number of hydrogen-bond acceptors (Lipinski definition) is 2. The maximum absolute atomic E-state index is 11.9. The number of thioether (sulfide) groups is 1. The van der Waals surface area contributed by atoms with Gasteiger partial charge < -0.3 is 0 Å². The van der Waals surface area contributed by atoms with Gasteiger partial charge in [0.25, 0.3) is 0 Å². The molecule has 0 bridgehead atoms. The van der Waals surface area contributed by atoms with Gasteiger partial charge in [-0.3, -0.25) is 4.79 Å². The van der Waals surface area contributed by atoms with Crippen LogP contribution in [0.1, 0.15) is 29.3 Å². The minimum absolute atomic E-state index is 0.0583. The lowest BCUT2D eigenvalue weighted by molar-refractivity contribution is 0.0990. The van der Waals surface area contributed by atoms with Crippen LogP contribution in [0.25, 0.3) is 0 Å². The monoisotopic (exact) mass is 286 g/mol. The molecule has 0 aliphatic rings. The third-order valence-corrected chi connectivity index (χ3v) is 4.28. The molecule has 0 heterocycles. The predicted molar refractivity (Wildman–Crippen MR) is 70.3 cm³/mol. The Hall–Kier alpha value is -0.280. The zero-order chi connectivity index (χ0) is 11.4. The summed E-state index contributed by atoms with van der Waals surface area (Å²) in [5, 5.41) is 0. The summed E-state index contributed by atoms with van der Waals surface area (Å²) in [6.07, 6.45) is 2.87. The summed E-state index contributed by atoms with van der Waals surface area (Å²) in [6, 6.07) is 5.89. The highest BCUT2D eigenvalue weighted by Gasteiger charge is 2.15. The number of ketones is 1. The molecule has 0 aliphatic carbocycles. The zero-order valence-corrected chi connectivity index (χ0v) is 11.6. The Bertz CT molecular complexity index is 363. The maximum Gasteiger partial charge on any atom is 0.176 e. The van der Waals surface area contributed by atoms with Gasteiger partial charge in [-0.2, -0.15) is 0 Å².